The van der Waals surface area contributed by atoms with Gasteiger partial charge < -0.3 is 20.1 Å². The number of nitrogens with one attached hydrogen (secondary N) is 1. The zero-order chi connectivity index (χ0) is 27.6. The molecule has 0 aliphatic carbocycles. The maximum Gasteiger partial charge on any atom is 0.319 e. The standard InChI is InChI=1S/C32H35FN6O2/c33-27-28(24-8-2-6-20-5-1-7-21(18-40)26(20)24)34-15-25-29(27)36-31(41-19-32-11-3-13-39(32)14-4-12-32)37-30(25)38-16-22-9-10-23(17-38)35-22/h1-2,5-8,15,22-23,35,40H,3-4,9-14,16-19H2/t22-,23+. The molecule has 0 saturated carbocycles. The summed E-state index contributed by atoms with van der Waals surface area (Å²) in [5.74, 6) is 0.207. The van der Waals surface area contributed by atoms with E-state index in [0.717, 1.165) is 68.2 Å². The number of halogens is 1. The van der Waals surface area contributed by atoms with Crippen molar-refractivity contribution < 1.29 is 14.2 Å². The maximum absolute atomic E-state index is 16.7. The molecule has 4 aromatic rings. The minimum Gasteiger partial charge on any atom is -0.461 e. The highest BCUT2D eigenvalue weighted by Crippen LogP contribution is 2.40. The van der Waals surface area contributed by atoms with Crippen molar-refractivity contribution in [2.75, 3.05) is 37.7 Å². The molecule has 0 spiro atoms. The molecule has 2 aromatic carbocycles. The molecule has 4 saturated heterocycles. The maximum atomic E-state index is 16.7. The second kappa shape index (κ2) is 9.86. The Hall–Kier alpha value is -3.40. The van der Waals surface area contributed by atoms with Gasteiger partial charge in [-0.05, 0) is 68.0 Å². The highest BCUT2D eigenvalue weighted by molar-refractivity contribution is 6.00. The van der Waals surface area contributed by atoms with Gasteiger partial charge in [0.05, 0.1) is 17.5 Å². The third kappa shape index (κ3) is 4.16. The molecule has 4 fully saturated rings. The average molecular weight is 555 g/mol. The first kappa shape index (κ1) is 25.3. The summed E-state index contributed by atoms with van der Waals surface area (Å²) in [7, 11) is 0. The Morgan fingerprint density at radius 2 is 1.78 bits per heavy atom. The van der Waals surface area contributed by atoms with Crippen LogP contribution in [0.2, 0.25) is 0 Å². The van der Waals surface area contributed by atoms with E-state index < -0.39 is 5.82 Å². The van der Waals surface area contributed by atoms with E-state index in [9.17, 15) is 5.11 Å². The Balaban J connectivity index is 1.26. The average Bonchev–Trinajstić information content (AvgIpc) is 3.69. The van der Waals surface area contributed by atoms with Crippen LogP contribution in [0, 0.1) is 5.82 Å². The van der Waals surface area contributed by atoms with E-state index in [2.05, 4.69) is 20.1 Å². The number of benzene rings is 2. The SMILES string of the molecule is OCc1cccc2cccc(-c3ncc4c(N5C[C@H]6CC[C@@H](C5)N6)nc(OCC56CCCN5CCC6)nc4c3F)c12. The van der Waals surface area contributed by atoms with Gasteiger partial charge in [0.15, 0.2) is 5.82 Å². The molecule has 2 aromatic heterocycles. The quantitative estimate of drug-likeness (QED) is 0.362. The van der Waals surface area contributed by atoms with E-state index in [4.69, 9.17) is 14.7 Å². The van der Waals surface area contributed by atoms with Crippen LogP contribution in [0.25, 0.3) is 32.9 Å². The minimum absolute atomic E-state index is 0.0399. The number of rotatable bonds is 6. The van der Waals surface area contributed by atoms with E-state index in [1.165, 1.54) is 12.8 Å². The summed E-state index contributed by atoms with van der Waals surface area (Å²) in [5.41, 5.74) is 1.86. The van der Waals surface area contributed by atoms with E-state index in [-0.39, 0.29) is 29.4 Å². The summed E-state index contributed by atoms with van der Waals surface area (Å²) in [5, 5.41) is 16.1. The first-order valence-electron chi connectivity index (χ1n) is 15.0. The molecule has 2 atom stereocenters. The van der Waals surface area contributed by atoms with Crippen molar-refractivity contribution in [3.8, 4) is 17.3 Å². The van der Waals surface area contributed by atoms with Gasteiger partial charge in [0, 0.05) is 36.9 Å². The van der Waals surface area contributed by atoms with Gasteiger partial charge in [-0.3, -0.25) is 9.88 Å². The number of hydrogen-bond donors (Lipinski definition) is 2. The summed E-state index contributed by atoms with van der Waals surface area (Å²) < 4.78 is 23.0. The van der Waals surface area contributed by atoms with E-state index >= 15 is 4.39 Å². The van der Waals surface area contributed by atoms with Gasteiger partial charge in [0.2, 0.25) is 0 Å². The Morgan fingerprint density at radius 1 is 1.02 bits per heavy atom. The first-order chi connectivity index (χ1) is 20.1. The van der Waals surface area contributed by atoms with Gasteiger partial charge in [-0.25, -0.2) is 4.39 Å². The Morgan fingerprint density at radius 3 is 2.54 bits per heavy atom. The molecule has 4 aliphatic rings. The monoisotopic (exact) mass is 554 g/mol. The topological polar surface area (TPSA) is 86.6 Å². The van der Waals surface area contributed by atoms with Crippen molar-refractivity contribution in [3.63, 3.8) is 0 Å². The van der Waals surface area contributed by atoms with Crippen LogP contribution in [0.3, 0.4) is 0 Å². The molecular weight excluding hydrogens is 519 g/mol. The van der Waals surface area contributed by atoms with Crippen molar-refractivity contribution in [2.45, 2.75) is 62.8 Å². The fourth-order valence-electron chi connectivity index (χ4n) is 7.89. The largest absolute Gasteiger partial charge is 0.461 e. The number of anilines is 1. The number of hydrogen-bond acceptors (Lipinski definition) is 8. The molecule has 0 amide bonds. The molecule has 212 valence electrons. The van der Waals surface area contributed by atoms with Crippen LogP contribution in [0.15, 0.2) is 42.6 Å². The van der Waals surface area contributed by atoms with Crippen molar-refractivity contribution in [1.29, 1.82) is 0 Å². The summed E-state index contributed by atoms with van der Waals surface area (Å²) in [6, 6.07) is 12.5. The van der Waals surface area contributed by atoms with Crippen LogP contribution in [-0.4, -0.2) is 75.4 Å². The first-order valence-corrected chi connectivity index (χ1v) is 15.0. The summed E-state index contributed by atoms with van der Waals surface area (Å²) >= 11 is 0. The lowest BCUT2D eigenvalue weighted by Crippen LogP contribution is -2.51. The number of piperazine rings is 1. The molecule has 6 heterocycles. The van der Waals surface area contributed by atoms with Gasteiger partial charge in [-0.15, -0.1) is 0 Å². The predicted octanol–water partition coefficient (Wildman–Crippen LogP) is 4.42. The molecule has 0 unspecified atom stereocenters. The predicted molar refractivity (Wildman–Crippen MR) is 157 cm³/mol. The lowest BCUT2D eigenvalue weighted by atomic mass is 9.95. The number of ether oxygens (including phenoxy) is 1. The van der Waals surface area contributed by atoms with Crippen molar-refractivity contribution in [1.82, 2.24) is 25.2 Å². The number of pyridine rings is 1. The van der Waals surface area contributed by atoms with Crippen molar-refractivity contribution in [3.05, 3.63) is 54.0 Å². The molecule has 0 radical (unpaired) electrons. The molecule has 41 heavy (non-hydrogen) atoms. The summed E-state index contributed by atoms with van der Waals surface area (Å²) in [4.78, 5) is 19.1. The fourth-order valence-corrected chi connectivity index (χ4v) is 7.89. The zero-order valence-electron chi connectivity index (χ0n) is 23.2. The number of nitrogens with zero attached hydrogens (tertiary/aromatic N) is 5. The van der Waals surface area contributed by atoms with Crippen LogP contribution in [-0.2, 0) is 6.61 Å². The van der Waals surface area contributed by atoms with Crippen molar-refractivity contribution >= 4 is 27.5 Å². The molecule has 2 bridgehead atoms. The fraction of sp³-hybridized carbons (Fsp3) is 0.469. The highest BCUT2D eigenvalue weighted by Gasteiger charge is 2.45. The van der Waals surface area contributed by atoms with Crippen LogP contribution in [0.1, 0.15) is 44.1 Å². The second-order valence-corrected chi connectivity index (χ2v) is 12.2. The number of fused-ring (bicyclic) bond motifs is 5. The molecule has 8 rings (SSSR count). The van der Waals surface area contributed by atoms with Crippen LogP contribution in [0.5, 0.6) is 6.01 Å². The summed E-state index contributed by atoms with van der Waals surface area (Å²) in [6.45, 7) is 4.23. The van der Waals surface area contributed by atoms with Crippen LogP contribution < -0.4 is 15.0 Å². The number of aliphatic hydroxyl groups excluding tert-OH is 1. The van der Waals surface area contributed by atoms with Crippen molar-refractivity contribution in [2.24, 2.45) is 0 Å². The molecule has 8 nitrogen and oxygen atoms in total. The van der Waals surface area contributed by atoms with Gasteiger partial charge in [0.1, 0.15) is 23.6 Å². The van der Waals surface area contributed by atoms with Crippen LogP contribution in [0.4, 0.5) is 10.2 Å². The van der Waals surface area contributed by atoms with Gasteiger partial charge >= 0.3 is 6.01 Å². The summed E-state index contributed by atoms with van der Waals surface area (Å²) in [6.07, 6.45) is 8.58. The van der Waals surface area contributed by atoms with Gasteiger partial charge in [0.25, 0.3) is 0 Å². The lowest BCUT2D eigenvalue weighted by Gasteiger charge is -2.34. The number of aromatic nitrogens is 3. The minimum atomic E-state index is -0.490. The zero-order valence-corrected chi connectivity index (χ0v) is 23.2. The van der Waals surface area contributed by atoms with Gasteiger partial charge in [-0.2, -0.15) is 9.97 Å². The molecule has 9 heteroatoms. The van der Waals surface area contributed by atoms with E-state index in [0.29, 0.717) is 35.5 Å². The normalized spacial score (nSPS) is 23.5. The third-order valence-electron chi connectivity index (χ3n) is 9.86. The second-order valence-electron chi connectivity index (χ2n) is 12.2. The Bertz CT molecular complexity index is 1620. The van der Waals surface area contributed by atoms with Crippen LogP contribution >= 0.6 is 0 Å². The lowest BCUT2D eigenvalue weighted by molar-refractivity contribution is 0.108. The smallest absolute Gasteiger partial charge is 0.319 e. The Labute approximate surface area is 238 Å². The van der Waals surface area contributed by atoms with Gasteiger partial charge in [-0.1, -0.05) is 36.4 Å². The molecule has 2 N–H and O–H groups in total. The molecule has 4 aliphatic heterocycles. The number of aliphatic hydroxyl groups is 1. The van der Waals surface area contributed by atoms with E-state index in [1.54, 1.807) is 6.20 Å². The highest BCUT2D eigenvalue weighted by atomic mass is 19.1. The third-order valence-corrected chi connectivity index (χ3v) is 9.86. The molecular formula is C32H35FN6O2. The Kier molecular flexibility index (Phi) is 6.09. The van der Waals surface area contributed by atoms with E-state index in [1.807, 2.05) is 36.4 Å².